The molecule has 1 rings (SSSR count). The van der Waals surface area contributed by atoms with Crippen molar-refractivity contribution in [1.82, 2.24) is 0 Å². The molecule has 0 unspecified atom stereocenters. The third-order valence-electron chi connectivity index (χ3n) is 2.47. The second kappa shape index (κ2) is 7.69. The van der Waals surface area contributed by atoms with E-state index >= 15 is 0 Å². The van der Waals surface area contributed by atoms with Crippen LogP contribution in [0.2, 0.25) is 0 Å². The van der Waals surface area contributed by atoms with Gasteiger partial charge in [-0.2, -0.15) is 0 Å². The average Bonchev–Trinajstić information content (AvgIpc) is 2.28. The second-order valence-electron chi connectivity index (χ2n) is 4.02. The van der Waals surface area contributed by atoms with Gasteiger partial charge in [-0.25, -0.2) is 0 Å². The standard InChI is InChI=1S/C13H20BrNO2/c1-10(15)12-6-5-11(14)9-13(12)17-8-4-3-7-16-2/h5-6,9-10H,3-4,7-8,15H2,1-2H3/t10-/m1/s1. The highest BCUT2D eigenvalue weighted by Crippen LogP contribution is 2.27. The molecule has 0 aliphatic heterocycles. The molecular weight excluding hydrogens is 282 g/mol. The summed E-state index contributed by atoms with van der Waals surface area (Å²) in [4.78, 5) is 0. The number of benzene rings is 1. The van der Waals surface area contributed by atoms with Gasteiger partial charge in [0.1, 0.15) is 5.75 Å². The van der Waals surface area contributed by atoms with Crippen molar-refractivity contribution in [3.63, 3.8) is 0 Å². The normalized spacial score (nSPS) is 12.5. The van der Waals surface area contributed by atoms with Gasteiger partial charge in [0, 0.05) is 29.8 Å². The van der Waals surface area contributed by atoms with E-state index in [1.165, 1.54) is 0 Å². The number of halogens is 1. The fraction of sp³-hybridized carbons (Fsp3) is 0.538. The van der Waals surface area contributed by atoms with E-state index in [4.69, 9.17) is 15.2 Å². The van der Waals surface area contributed by atoms with Crippen LogP contribution in [0.5, 0.6) is 5.75 Å². The average molecular weight is 302 g/mol. The Morgan fingerprint density at radius 2 is 2.00 bits per heavy atom. The molecule has 0 aliphatic rings. The fourth-order valence-electron chi connectivity index (χ4n) is 1.54. The van der Waals surface area contributed by atoms with Crippen molar-refractivity contribution in [2.75, 3.05) is 20.3 Å². The zero-order valence-electron chi connectivity index (χ0n) is 10.4. The fourth-order valence-corrected chi connectivity index (χ4v) is 1.88. The SMILES string of the molecule is COCCCCOc1cc(Br)ccc1[C@@H](C)N. The summed E-state index contributed by atoms with van der Waals surface area (Å²) < 4.78 is 11.8. The van der Waals surface area contributed by atoms with Crippen LogP contribution in [0.15, 0.2) is 22.7 Å². The van der Waals surface area contributed by atoms with Crippen LogP contribution in [0, 0.1) is 0 Å². The van der Waals surface area contributed by atoms with Gasteiger partial charge >= 0.3 is 0 Å². The predicted octanol–water partition coefficient (Wildman–Crippen LogP) is 3.27. The molecule has 0 aromatic heterocycles. The molecule has 0 aliphatic carbocycles. The Bertz CT molecular complexity index is 342. The molecule has 96 valence electrons. The minimum atomic E-state index is -0.0166. The molecule has 0 radical (unpaired) electrons. The van der Waals surface area contributed by atoms with Crippen LogP contribution in [0.3, 0.4) is 0 Å². The molecule has 0 heterocycles. The topological polar surface area (TPSA) is 44.5 Å². The van der Waals surface area contributed by atoms with Gasteiger partial charge in [0.2, 0.25) is 0 Å². The van der Waals surface area contributed by atoms with Gasteiger partial charge in [0.05, 0.1) is 6.61 Å². The molecule has 1 atom stereocenters. The number of hydrogen-bond acceptors (Lipinski definition) is 3. The molecule has 1 aromatic rings. The van der Waals surface area contributed by atoms with E-state index in [1.54, 1.807) is 7.11 Å². The summed E-state index contributed by atoms with van der Waals surface area (Å²) in [5.41, 5.74) is 6.94. The largest absolute Gasteiger partial charge is 0.493 e. The lowest BCUT2D eigenvalue weighted by Gasteiger charge is -2.14. The van der Waals surface area contributed by atoms with Crippen LogP contribution < -0.4 is 10.5 Å². The van der Waals surface area contributed by atoms with Crippen molar-refractivity contribution < 1.29 is 9.47 Å². The third kappa shape index (κ3) is 5.06. The smallest absolute Gasteiger partial charge is 0.125 e. The number of unbranched alkanes of at least 4 members (excludes halogenated alkanes) is 1. The lowest BCUT2D eigenvalue weighted by molar-refractivity contribution is 0.184. The van der Waals surface area contributed by atoms with Gasteiger partial charge in [-0.1, -0.05) is 22.0 Å². The highest BCUT2D eigenvalue weighted by molar-refractivity contribution is 9.10. The van der Waals surface area contributed by atoms with E-state index < -0.39 is 0 Å². The highest BCUT2D eigenvalue weighted by Gasteiger charge is 2.08. The quantitative estimate of drug-likeness (QED) is 0.786. The summed E-state index contributed by atoms with van der Waals surface area (Å²) in [6.07, 6.45) is 2.00. The van der Waals surface area contributed by atoms with E-state index in [0.29, 0.717) is 6.61 Å². The van der Waals surface area contributed by atoms with Crippen LogP contribution in [-0.4, -0.2) is 20.3 Å². The minimum Gasteiger partial charge on any atom is -0.493 e. The number of methoxy groups -OCH3 is 1. The van der Waals surface area contributed by atoms with Crippen molar-refractivity contribution in [3.8, 4) is 5.75 Å². The molecule has 0 saturated heterocycles. The first-order chi connectivity index (χ1) is 8.15. The van der Waals surface area contributed by atoms with Crippen LogP contribution in [0.1, 0.15) is 31.4 Å². The number of rotatable bonds is 7. The maximum absolute atomic E-state index is 5.90. The molecule has 1 aromatic carbocycles. The molecule has 2 N–H and O–H groups in total. The predicted molar refractivity (Wildman–Crippen MR) is 73.3 cm³/mol. The van der Waals surface area contributed by atoms with Crippen molar-refractivity contribution in [2.24, 2.45) is 5.73 Å². The van der Waals surface area contributed by atoms with Crippen molar-refractivity contribution in [3.05, 3.63) is 28.2 Å². The Kier molecular flexibility index (Phi) is 6.55. The monoisotopic (exact) mass is 301 g/mol. The number of hydrogen-bond donors (Lipinski definition) is 1. The van der Waals surface area contributed by atoms with Crippen LogP contribution >= 0.6 is 15.9 Å². The first kappa shape index (κ1) is 14.5. The lowest BCUT2D eigenvalue weighted by atomic mass is 10.1. The Morgan fingerprint density at radius 3 is 2.65 bits per heavy atom. The van der Waals surface area contributed by atoms with Crippen LogP contribution in [0.25, 0.3) is 0 Å². The Morgan fingerprint density at radius 1 is 1.29 bits per heavy atom. The summed E-state index contributed by atoms with van der Waals surface area (Å²) in [7, 11) is 1.71. The zero-order valence-corrected chi connectivity index (χ0v) is 12.0. The lowest BCUT2D eigenvalue weighted by Crippen LogP contribution is -2.09. The minimum absolute atomic E-state index is 0.0166. The molecule has 0 amide bonds. The molecule has 0 fully saturated rings. The van der Waals surface area contributed by atoms with Crippen molar-refractivity contribution in [1.29, 1.82) is 0 Å². The van der Waals surface area contributed by atoms with Gasteiger partial charge in [-0.15, -0.1) is 0 Å². The van der Waals surface area contributed by atoms with Crippen molar-refractivity contribution >= 4 is 15.9 Å². The Balaban J connectivity index is 2.53. The summed E-state index contributed by atoms with van der Waals surface area (Å²) >= 11 is 3.44. The van der Waals surface area contributed by atoms with Crippen LogP contribution in [0.4, 0.5) is 0 Å². The Hall–Kier alpha value is -0.580. The Labute approximate surface area is 111 Å². The van der Waals surface area contributed by atoms with Crippen LogP contribution in [-0.2, 0) is 4.74 Å². The van der Waals surface area contributed by atoms with E-state index in [1.807, 2.05) is 25.1 Å². The first-order valence-corrected chi connectivity index (χ1v) is 6.61. The molecule has 0 spiro atoms. The zero-order chi connectivity index (χ0) is 12.7. The molecule has 0 bridgehead atoms. The number of nitrogens with two attached hydrogens (primary N) is 1. The molecule has 0 saturated carbocycles. The van der Waals surface area contributed by atoms with E-state index in [0.717, 1.165) is 35.2 Å². The maximum Gasteiger partial charge on any atom is 0.125 e. The van der Waals surface area contributed by atoms with Gasteiger partial charge in [0.25, 0.3) is 0 Å². The maximum atomic E-state index is 5.90. The summed E-state index contributed by atoms with van der Waals surface area (Å²) in [5.74, 6) is 0.867. The molecule has 4 heteroatoms. The van der Waals surface area contributed by atoms with Gasteiger partial charge in [0.15, 0.2) is 0 Å². The first-order valence-electron chi connectivity index (χ1n) is 5.82. The molecular formula is C13H20BrNO2. The molecule has 3 nitrogen and oxygen atoms in total. The van der Waals surface area contributed by atoms with E-state index in [9.17, 15) is 0 Å². The van der Waals surface area contributed by atoms with E-state index in [-0.39, 0.29) is 6.04 Å². The summed E-state index contributed by atoms with van der Waals surface area (Å²) in [6, 6.07) is 5.93. The summed E-state index contributed by atoms with van der Waals surface area (Å²) in [5, 5.41) is 0. The number of ether oxygens (including phenoxy) is 2. The highest BCUT2D eigenvalue weighted by atomic mass is 79.9. The summed E-state index contributed by atoms with van der Waals surface area (Å²) in [6.45, 7) is 3.43. The third-order valence-corrected chi connectivity index (χ3v) is 2.96. The second-order valence-corrected chi connectivity index (χ2v) is 4.93. The van der Waals surface area contributed by atoms with Gasteiger partial charge in [-0.3, -0.25) is 0 Å². The van der Waals surface area contributed by atoms with Gasteiger partial charge < -0.3 is 15.2 Å². The van der Waals surface area contributed by atoms with E-state index in [2.05, 4.69) is 15.9 Å². The van der Waals surface area contributed by atoms with Crippen molar-refractivity contribution in [2.45, 2.75) is 25.8 Å². The van der Waals surface area contributed by atoms with Gasteiger partial charge in [-0.05, 0) is 31.9 Å². The molecule has 17 heavy (non-hydrogen) atoms.